The molecular formula is C12H10F3N3O. The van der Waals surface area contributed by atoms with Gasteiger partial charge in [0.1, 0.15) is 11.5 Å². The number of alkyl halides is 3. The minimum Gasteiger partial charge on any atom is -0.383 e. The molecule has 0 bridgehead atoms. The van der Waals surface area contributed by atoms with E-state index in [4.69, 9.17) is 5.73 Å². The van der Waals surface area contributed by atoms with E-state index in [0.29, 0.717) is 10.1 Å². The van der Waals surface area contributed by atoms with Crippen molar-refractivity contribution in [2.24, 2.45) is 0 Å². The number of hydrogen-bond donors (Lipinski definition) is 1. The molecule has 0 saturated carbocycles. The van der Waals surface area contributed by atoms with E-state index in [2.05, 4.69) is 4.98 Å². The van der Waals surface area contributed by atoms with Crippen LogP contribution in [0.3, 0.4) is 0 Å². The first-order valence-corrected chi connectivity index (χ1v) is 5.36. The Morgan fingerprint density at radius 1 is 1.21 bits per heavy atom. The molecule has 0 saturated heterocycles. The van der Waals surface area contributed by atoms with Crippen molar-refractivity contribution in [3.63, 3.8) is 0 Å². The molecule has 2 rings (SSSR count). The molecule has 0 aliphatic rings. The minimum absolute atomic E-state index is 0.103. The van der Waals surface area contributed by atoms with Gasteiger partial charge in [-0.2, -0.15) is 13.2 Å². The SMILES string of the molecule is Nc1ncccc1Cn1c(C(F)(F)F)cccc1=O. The highest BCUT2D eigenvalue weighted by Gasteiger charge is 2.34. The number of pyridine rings is 2. The molecule has 100 valence electrons. The normalized spacial score (nSPS) is 11.5. The number of nitrogen functional groups attached to an aromatic ring is 1. The van der Waals surface area contributed by atoms with Crippen LogP contribution in [0.1, 0.15) is 11.3 Å². The molecule has 4 nitrogen and oxygen atoms in total. The molecule has 2 heterocycles. The first-order valence-electron chi connectivity index (χ1n) is 5.36. The predicted octanol–water partition coefficient (Wildman–Crippen LogP) is 1.89. The average molecular weight is 269 g/mol. The molecule has 0 aliphatic heterocycles. The Hall–Kier alpha value is -2.31. The number of aromatic nitrogens is 2. The fraction of sp³-hybridized carbons (Fsp3) is 0.167. The number of anilines is 1. The topological polar surface area (TPSA) is 60.9 Å². The van der Waals surface area contributed by atoms with Crippen molar-refractivity contribution in [3.05, 3.63) is 58.1 Å². The molecule has 2 N–H and O–H groups in total. The molecule has 0 radical (unpaired) electrons. The molecule has 0 unspecified atom stereocenters. The van der Waals surface area contributed by atoms with Gasteiger partial charge in [-0.05, 0) is 12.1 Å². The fourth-order valence-corrected chi connectivity index (χ4v) is 1.69. The molecule has 0 amide bonds. The largest absolute Gasteiger partial charge is 0.431 e. The zero-order valence-electron chi connectivity index (χ0n) is 9.69. The molecule has 0 atom stereocenters. The van der Waals surface area contributed by atoms with Crippen LogP contribution in [0.5, 0.6) is 0 Å². The van der Waals surface area contributed by atoms with Crippen LogP contribution in [-0.4, -0.2) is 9.55 Å². The van der Waals surface area contributed by atoms with Gasteiger partial charge in [0.2, 0.25) is 0 Å². The summed E-state index contributed by atoms with van der Waals surface area (Å²) in [5, 5.41) is 0. The van der Waals surface area contributed by atoms with Gasteiger partial charge in [-0.25, -0.2) is 4.98 Å². The lowest BCUT2D eigenvalue weighted by atomic mass is 10.2. The van der Waals surface area contributed by atoms with Crippen LogP contribution < -0.4 is 11.3 Å². The van der Waals surface area contributed by atoms with E-state index >= 15 is 0 Å². The molecule has 0 aliphatic carbocycles. The number of hydrogen-bond acceptors (Lipinski definition) is 3. The van der Waals surface area contributed by atoms with E-state index in [0.717, 1.165) is 18.2 Å². The summed E-state index contributed by atoms with van der Waals surface area (Å²) < 4.78 is 39.1. The quantitative estimate of drug-likeness (QED) is 0.905. The van der Waals surface area contributed by atoms with E-state index < -0.39 is 17.4 Å². The van der Waals surface area contributed by atoms with Crippen molar-refractivity contribution in [1.29, 1.82) is 0 Å². The first kappa shape index (κ1) is 13.1. The Labute approximate surface area is 106 Å². The van der Waals surface area contributed by atoms with E-state index in [1.165, 1.54) is 12.3 Å². The first-order chi connectivity index (χ1) is 8.89. The van der Waals surface area contributed by atoms with Crippen molar-refractivity contribution >= 4 is 5.82 Å². The third-order valence-corrected chi connectivity index (χ3v) is 2.59. The Morgan fingerprint density at radius 3 is 2.58 bits per heavy atom. The molecule has 2 aromatic heterocycles. The maximum atomic E-state index is 12.8. The summed E-state index contributed by atoms with van der Waals surface area (Å²) >= 11 is 0. The summed E-state index contributed by atoms with van der Waals surface area (Å²) in [7, 11) is 0. The standard InChI is InChI=1S/C12H10F3N3O/c13-12(14,15)9-4-1-5-10(19)18(9)7-8-3-2-6-17-11(8)16/h1-6H,7H2,(H2,16,17). The second-order valence-electron chi connectivity index (χ2n) is 3.88. The molecule has 0 fully saturated rings. The lowest BCUT2D eigenvalue weighted by Crippen LogP contribution is -2.27. The number of nitrogens with two attached hydrogens (primary N) is 1. The van der Waals surface area contributed by atoms with Gasteiger partial charge in [-0.1, -0.05) is 12.1 Å². The van der Waals surface area contributed by atoms with Gasteiger partial charge in [-0.15, -0.1) is 0 Å². The van der Waals surface area contributed by atoms with Crippen molar-refractivity contribution in [2.75, 3.05) is 5.73 Å². The molecule has 2 aromatic rings. The van der Waals surface area contributed by atoms with Crippen molar-refractivity contribution in [2.45, 2.75) is 12.7 Å². The van der Waals surface area contributed by atoms with Crippen LogP contribution in [0.25, 0.3) is 0 Å². The van der Waals surface area contributed by atoms with Crippen LogP contribution in [0.2, 0.25) is 0 Å². The summed E-state index contributed by atoms with van der Waals surface area (Å²) in [4.78, 5) is 15.4. The Kier molecular flexibility index (Phi) is 3.28. The summed E-state index contributed by atoms with van der Waals surface area (Å²) in [6.07, 6.45) is -3.17. The molecule has 0 spiro atoms. The highest BCUT2D eigenvalue weighted by atomic mass is 19.4. The van der Waals surface area contributed by atoms with Crippen LogP contribution in [0.15, 0.2) is 41.3 Å². The summed E-state index contributed by atoms with van der Waals surface area (Å²) in [5.41, 5.74) is 4.18. The van der Waals surface area contributed by atoms with Gasteiger partial charge in [0, 0.05) is 17.8 Å². The highest BCUT2D eigenvalue weighted by molar-refractivity contribution is 5.38. The van der Waals surface area contributed by atoms with Crippen molar-refractivity contribution in [3.8, 4) is 0 Å². The van der Waals surface area contributed by atoms with Gasteiger partial charge >= 0.3 is 6.18 Å². The maximum Gasteiger partial charge on any atom is 0.431 e. The monoisotopic (exact) mass is 269 g/mol. The molecule has 19 heavy (non-hydrogen) atoms. The summed E-state index contributed by atoms with van der Waals surface area (Å²) in [6.45, 7) is -0.270. The number of nitrogens with zero attached hydrogens (tertiary/aromatic N) is 2. The minimum atomic E-state index is -4.60. The third kappa shape index (κ3) is 2.75. The van der Waals surface area contributed by atoms with Gasteiger partial charge in [0.05, 0.1) is 6.54 Å². The second-order valence-corrected chi connectivity index (χ2v) is 3.88. The second kappa shape index (κ2) is 4.75. The van der Waals surface area contributed by atoms with Gasteiger partial charge in [0.25, 0.3) is 5.56 Å². The summed E-state index contributed by atoms with van der Waals surface area (Å²) in [6, 6.07) is 6.08. The number of halogens is 3. The lowest BCUT2D eigenvalue weighted by molar-refractivity contribution is -0.144. The van der Waals surface area contributed by atoms with Crippen LogP contribution in [-0.2, 0) is 12.7 Å². The Bertz CT molecular complexity index is 649. The highest BCUT2D eigenvalue weighted by Crippen LogP contribution is 2.28. The van der Waals surface area contributed by atoms with Crippen molar-refractivity contribution < 1.29 is 13.2 Å². The van der Waals surface area contributed by atoms with E-state index in [9.17, 15) is 18.0 Å². The van der Waals surface area contributed by atoms with E-state index in [1.54, 1.807) is 6.07 Å². The zero-order chi connectivity index (χ0) is 14.0. The van der Waals surface area contributed by atoms with E-state index in [1.807, 2.05) is 0 Å². The summed E-state index contributed by atoms with van der Waals surface area (Å²) in [5.74, 6) is 0.103. The van der Waals surface area contributed by atoms with Crippen LogP contribution in [0, 0.1) is 0 Å². The van der Waals surface area contributed by atoms with Gasteiger partial charge in [-0.3, -0.25) is 9.36 Å². The predicted molar refractivity (Wildman–Crippen MR) is 63.5 cm³/mol. The van der Waals surface area contributed by atoms with Gasteiger partial charge in [0.15, 0.2) is 0 Å². The fourth-order valence-electron chi connectivity index (χ4n) is 1.69. The average Bonchev–Trinajstić information content (AvgIpc) is 2.33. The zero-order valence-corrected chi connectivity index (χ0v) is 9.69. The Morgan fingerprint density at radius 2 is 1.95 bits per heavy atom. The smallest absolute Gasteiger partial charge is 0.383 e. The molecule has 7 heteroatoms. The third-order valence-electron chi connectivity index (χ3n) is 2.59. The number of rotatable bonds is 2. The van der Waals surface area contributed by atoms with Crippen LogP contribution in [0.4, 0.5) is 19.0 Å². The lowest BCUT2D eigenvalue weighted by Gasteiger charge is -2.15. The van der Waals surface area contributed by atoms with Crippen LogP contribution >= 0.6 is 0 Å². The van der Waals surface area contributed by atoms with E-state index in [-0.39, 0.29) is 12.4 Å². The Balaban J connectivity index is 2.52. The maximum absolute atomic E-state index is 12.8. The molecular weight excluding hydrogens is 259 g/mol. The molecule has 0 aromatic carbocycles. The van der Waals surface area contributed by atoms with Gasteiger partial charge < -0.3 is 5.73 Å². The van der Waals surface area contributed by atoms with Crippen molar-refractivity contribution in [1.82, 2.24) is 9.55 Å².